The molecule has 0 spiro atoms. The molecule has 0 saturated carbocycles. The summed E-state index contributed by atoms with van der Waals surface area (Å²) in [5.74, 6) is 0. The molecule has 0 atom stereocenters. The summed E-state index contributed by atoms with van der Waals surface area (Å²) >= 11 is 0. The van der Waals surface area contributed by atoms with Crippen LogP contribution in [0.2, 0.25) is 0 Å². The molecular formula is C10H10Na2O3S. The van der Waals surface area contributed by atoms with Crippen LogP contribution in [0, 0.1) is 0 Å². The van der Waals surface area contributed by atoms with Crippen LogP contribution in [0.4, 0.5) is 0 Å². The Balaban J connectivity index is -0.000000562. The van der Waals surface area contributed by atoms with Gasteiger partial charge in [0.2, 0.25) is 0 Å². The first-order valence-corrected chi connectivity index (χ1v) is 5.48. The van der Waals surface area contributed by atoms with Crippen LogP contribution in [0.5, 0.6) is 0 Å². The van der Waals surface area contributed by atoms with E-state index in [9.17, 15) is 8.42 Å². The monoisotopic (exact) mass is 256 g/mol. The van der Waals surface area contributed by atoms with E-state index >= 15 is 0 Å². The van der Waals surface area contributed by atoms with Gasteiger partial charge in [0, 0.05) is 5.39 Å². The fourth-order valence-electron chi connectivity index (χ4n) is 1.42. The number of rotatable bonds is 1. The van der Waals surface area contributed by atoms with Gasteiger partial charge in [0.05, 0.1) is 0 Å². The number of fused-ring (bicyclic) bond motifs is 1. The zero-order valence-corrected chi connectivity index (χ0v) is 14.0. The Morgan fingerprint density at radius 1 is 0.938 bits per heavy atom. The molecule has 2 aromatic carbocycles. The average Bonchev–Trinajstić information content (AvgIpc) is 2.15. The molecule has 0 fully saturated rings. The van der Waals surface area contributed by atoms with Gasteiger partial charge < -0.3 is 2.85 Å². The van der Waals surface area contributed by atoms with Crippen molar-refractivity contribution in [2.24, 2.45) is 0 Å². The second-order valence-corrected chi connectivity index (χ2v) is 4.34. The summed E-state index contributed by atoms with van der Waals surface area (Å²) in [6, 6.07) is 11.8. The largest absolute Gasteiger partial charge is 1.00 e. The van der Waals surface area contributed by atoms with Crippen molar-refractivity contribution in [1.82, 2.24) is 0 Å². The van der Waals surface area contributed by atoms with Crippen LogP contribution < -0.4 is 59.1 Å². The Morgan fingerprint density at radius 2 is 1.50 bits per heavy atom. The molecule has 0 radical (unpaired) electrons. The smallest absolute Gasteiger partial charge is 1.00 e. The van der Waals surface area contributed by atoms with Crippen molar-refractivity contribution >= 4 is 20.9 Å². The Hall–Kier alpha value is 0.610. The minimum absolute atomic E-state index is 0. The van der Waals surface area contributed by atoms with Gasteiger partial charge in [-0.2, -0.15) is 8.42 Å². The predicted molar refractivity (Wildman–Crippen MR) is 56.0 cm³/mol. The normalized spacial score (nSPS) is 10.3. The number of hydrogen-bond acceptors (Lipinski definition) is 2. The molecule has 0 saturated heterocycles. The summed E-state index contributed by atoms with van der Waals surface area (Å²) in [5.41, 5.74) is 0. The Kier molecular flexibility index (Phi) is 6.77. The molecule has 2 rings (SSSR count). The van der Waals surface area contributed by atoms with Gasteiger partial charge in [0.15, 0.2) is 0 Å². The molecule has 2 aromatic rings. The standard InChI is InChI=1S/C10H8O3S.2Na.2H/c11-14(12,13)10-7-3-5-8-4-1-2-6-9(8)10;;;;/h1-7H,(H,11,12,13);;;;/q;2*+1;2*-1. The minimum atomic E-state index is -4.13. The molecule has 0 amide bonds. The third kappa shape index (κ3) is 3.55. The van der Waals surface area contributed by atoms with Crippen LogP contribution in [-0.2, 0) is 10.1 Å². The quantitative estimate of drug-likeness (QED) is 0.422. The van der Waals surface area contributed by atoms with Crippen LogP contribution in [0.3, 0.4) is 0 Å². The molecule has 0 unspecified atom stereocenters. The topological polar surface area (TPSA) is 54.4 Å². The maximum Gasteiger partial charge on any atom is 1.00 e. The molecule has 0 bridgehead atoms. The van der Waals surface area contributed by atoms with Crippen LogP contribution in [0.15, 0.2) is 47.4 Å². The van der Waals surface area contributed by atoms with Gasteiger partial charge in [-0.25, -0.2) is 0 Å². The molecule has 3 nitrogen and oxygen atoms in total. The third-order valence-electron chi connectivity index (χ3n) is 2.03. The summed E-state index contributed by atoms with van der Waals surface area (Å²) in [6.07, 6.45) is 0. The van der Waals surface area contributed by atoms with E-state index in [0.29, 0.717) is 5.39 Å². The molecule has 0 aliphatic heterocycles. The molecule has 76 valence electrons. The van der Waals surface area contributed by atoms with Crippen LogP contribution in [-0.4, -0.2) is 13.0 Å². The van der Waals surface area contributed by atoms with E-state index in [0.717, 1.165) is 5.39 Å². The molecular weight excluding hydrogens is 246 g/mol. The third-order valence-corrected chi connectivity index (χ3v) is 2.94. The molecule has 1 N–H and O–H groups in total. The average molecular weight is 256 g/mol. The minimum Gasteiger partial charge on any atom is -1.00 e. The summed E-state index contributed by atoms with van der Waals surface area (Å²) in [4.78, 5) is -0.0457. The Labute approximate surface area is 142 Å². The summed E-state index contributed by atoms with van der Waals surface area (Å²) in [7, 11) is -4.13. The van der Waals surface area contributed by atoms with Gasteiger partial charge in [-0.1, -0.05) is 36.4 Å². The van der Waals surface area contributed by atoms with Crippen LogP contribution in [0.25, 0.3) is 10.8 Å². The van der Waals surface area contributed by atoms with Crippen molar-refractivity contribution in [1.29, 1.82) is 0 Å². The van der Waals surface area contributed by atoms with Crippen molar-refractivity contribution in [2.75, 3.05) is 0 Å². The van der Waals surface area contributed by atoms with Crippen molar-refractivity contribution in [3.63, 3.8) is 0 Å². The molecule has 6 heteroatoms. The summed E-state index contributed by atoms with van der Waals surface area (Å²) in [5, 5.41) is 1.33. The van der Waals surface area contributed by atoms with Crippen LogP contribution >= 0.6 is 0 Å². The zero-order valence-electron chi connectivity index (χ0n) is 11.2. The van der Waals surface area contributed by atoms with E-state index in [4.69, 9.17) is 4.55 Å². The second-order valence-electron chi connectivity index (χ2n) is 2.95. The van der Waals surface area contributed by atoms with Gasteiger partial charge in [0.25, 0.3) is 10.1 Å². The fraction of sp³-hybridized carbons (Fsp3) is 0. The van der Waals surface area contributed by atoms with E-state index < -0.39 is 10.1 Å². The van der Waals surface area contributed by atoms with E-state index in [2.05, 4.69) is 0 Å². The molecule has 0 aliphatic carbocycles. The first-order valence-electron chi connectivity index (χ1n) is 4.04. The van der Waals surface area contributed by atoms with Gasteiger partial charge in [-0.3, -0.25) is 4.55 Å². The van der Waals surface area contributed by atoms with Gasteiger partial charge in [-0.05, 0) is 11.5 Å². The van der Waals surface area contributed by atoms with Gasteiger partial charge in [-0.15, -0.1) is 0 Å². The SMILES string of the molecule is O=S(=O)(O)c1cccc2ccccc12.[H-].[H-].[Na+].[Na+]. The van der Waals surface area contributed by atoms with Gasteiger partial charge in [0.1, 0.15) is 4.90 Å². The molecule has 0 aromatic heterocycles. The van der Waals surface area contributed by atoms with E-state index in [1.165, 1.54) is 6.07 Å². The van der Waals surface area contributed by atoms with E-state index in [-0.39, 0.29) is 66.9 Å². The summed E-state index contributed by atoms with van der Waals surface area (Å²) < 4.78 is 31.0. The first kappa shape index (κ1) is 16.6. The zero-order chi connectivity index (χ0) is 10.2. The van der Waals surface area contributed by atoms with Crippen molar-refractivity contribution in [3.05, 3.63) is 42.5 Å². The molecule has 16 heavy (non-hydrogen) atoms. The van der Waals surface area contributed by atoms with Crippen molar-refractivity contribution in [2.45, 2.75) is 4.90 Å². The summed E-state index contributed by atoms with van der Waals surface area (Å²) in [6.45, 7) is 0. The molecule has 0 aliphatic rings. The van der Waals surface area contributed by atoms with E-state index in [1.54, 1.807) is 30.3 Å². The fourth-order valence-corrected chi connectivity index (χ4v) is 2.13. The van der Waals surface area contributed by atoms with Crippen molar-refractivity contribution in [3.8, 4) is 0 Å². The van der Waals surface area contributed by atoms with E-state index in [1.807, 2.05) is 6.07 Å². The maximum atomic E-state index is 11.0. The molecule has 0 heterocycles. The Morgan fingerprint density at radius 3 is 2.12 bits per heavy atom. The first-order chi connectivity index (χ1) is 6.59. The Bertz CT molecular complexity index is 585. The number of benzene rings is 2. The van der Waals surface area contributed by atoms with Crippen LogP contribution in [0.1, 0.15) is 2.85 Å². The maximum absolute atomic E-state index is 11.0. The number of hydrogen-bond donors (Lipinski definition) is 1. The van der Waals surface area contributed by atoms with Crippen molar-refractivity contribution < 1.29 is 74.9 Å². The second kappa shape index (κ2) is 6.52. The van der Waals surface area contributed by atoms with Gasteiger partial charge >= 0.3 is 59.1 Å². The predicted octanol–water partition coefficient (Wildman–Crippen LogP) is -3.68.